The Hall–Kier alpha value is -1.08. The zero-order chi connectivity index (χ0) is 9.38. The summed E-state index contributed by atoms with van der Waals surface area (Å²) in [6.45, 7) is 1.03. The van der Waals surface area contributed by atoms with Crippen molar-refractivity contribution in [2.24, 2.45) is 0 Å². The molecule has 3 rings (SSSR count). The molecule has 1 nitrogen and oxygen atoms in total. The normalized spacial score (nSPS) is 29.4. The Bertz CT molecular complexity index is 367. The standard InChI is InChI=1S/C13H15N/c1-2-6-11-10(5-1)9-14-13-8-4-3-7-12(11)13/h1-2,4-6,8,12-14H,3,7,9H2. The van der Waals surface area contributed by atoms with E-state index in [4.69, 9.17) is 0 Å². The smallest absolute Gasteiger partial charge is 0.0322 e. The van der Waals surface area contributed by atoms with Crippen LogP contribution in [0.4, 0.5) is 0 Å². The van der Waals surface area contributed by atoms with Gasteiger partial charge in [-0.3, -0.25) is 0 Å². The third-order valence-electron chi connectivity index (χ3n) is 3.40. The summed E-state index contributed by atoms with van der Waals surface area (Å²) < 4.78 is 0. The Balaban J connectivity index is 2.04. The minimum absolute atomic E-state index is 0.582. The first kappa shape index (κ1) is 8.25. The monoisotopic (exact) mass is 185 g/mol. The maximum atomic E-state index is 3.59. The summed E-state index contributed by atoms with van der Waals surface area (Å²) in [5, 5.41) is 3.59. The number of benzene rings is 1. The highest BCUT2D eigenvalue weighted by Gasteiger charge is 2.28. The van der Waals surface area contributed by atoms with E-state index in [1.165, 1.54) is 18.4 Å². The first-order chi connectivity index (χ1) is 6.95. The molecule has 0 saturated carbocycles. The van der Waals surface area contributed by atoms with Gasteiger partial charge in [0.25, 0.3) is 0 Å². The molecule has 0 bridgehead atoms. The van der Waals surface area contributed by atoms with E-state index in [0.29, 0.717) is 12.0 Å². The molecule has 0 spiro atoms. The van der Waals surface area contributed by atoms with Crippen LogP contribution in [0.1, 0.15) is 29.9 Å². The fourth-order valence-corrected chi connectivity index (χ4v) is 2.68. The average molecular weight is 185 g/mol. The zero-order valence-corrected chi connectivity index (χ0v) is 8.24. The van der Waals surface area contributed by atoms with Crippen LogP contribution in [0.2, 0.25) is 0 Å². The lowest BCUT2D eigenvalue weighted by molar-refractivity contribution is 0.429. The van der Waals surface area contributed by atoms with Crippen molar-refractivity contribution < 1.29 is 0 Å². The molecule has 0 amide bonds. The maximum absolute atomic E-state index is 3.59. The largest absolute Gasteiger partial charge is 0.306 e. The summed E-state index contributed by atoms with van der Waals surface area (Å²) in [6.07, 6.45) is 7.18. The Morgan fingerprint density at radius 3 is 3.14 bits per heavy atom. The van der Waals surface area contributed by atoms with E-state index in [-0.39, 0.29) is 0 Å². The van der Waals surface area contributed by atoms with Crippen molar-refractivity contribution in [2.45, 2.75) is 31.3 Å². The van der Waals surface area contributed by atoms with Crippen molar-refractivity contribution in [3.63, 3.8) is 0 Å². The van der Waals surface area contributed by atoms with Crippen molar-refractivity contribution >= 4 is 0 Å². The van der Waals surface area contributed by atoms with Gasteiger partial charge >= 0.3 is 0 Å². The van der Waals surface area contributed by atoms with Gasteiger partial charge in [0.05, 0.1) is 0 Å². The van der Waals surface area contributed by atoms with Gasteiger partial charge in [-0.05, 0) is 24.0 Å². The third kappa shape index (κ3) is 1.20. The van der Waals surface area contributed by atoms with Crippen LogP contribution in [-0.2, 0) is 6.54 Å². The van der Waals surface area contributed by atoms with Crippen LogP contribution in [0, 0.1) is 0 Å². The molecular formula is C13H15N. The van der Waals surface area contributed by atoms with E-state index in [2.05, 4.69) is 41.7 Å². The average Bonchev–Trinajstić information content (AvgIpc) is 2.29. The van der Waals surface area contributed by atoms with Gasteiger partial charge in [0.15, 0.2) is 0 Å². The zero-order valence-electron chi connectivity index (χ0n) is 8.24. The molecule has 72 valence electrons. The predicted octanol–water partition coefficient (Wildman–Crippen LogP) is 2.59. The number of nitrogens with one attached hydrogen (secondary N) is 1. The first-order valence-corrected chi connectivity index (χ1v) is 5.43. The summed E-state index contributed by atoms with van der Waals surface area (Å²) in [4.78, 5) is 0. The minimum Gasteiger partial charge on any atom is -0.306 e. The molecule has 0 fully saturated rings. The highest BCUT2D eigenvalue weighted by atomic mass is 14.9. The van der Waals surface area contributed by atoms with Crippen LogP contribution < -0.4 is 5.32 Å². The highest BCUT2D eigenvalue weighted by Crippen LogP contribution is 2.34. The van der Waals surface area contributed by atoms with E-state index in [1.807, 2.05) is 0 Å². The Morgan fingerprint density at radius 1 is 1.21 bits per heavy atom. The Morgan fingerprint density at radius 2 is 2.14 bits per heavy atom. The third-order valence-corrected chi connectivity index (χ3v) is 3.40. The molecule has 0 aromatic heterocycles. The number of hydrogen-bond donors (Lipinski definition) is 1. The molecule has 2 unspecified atom stereocenters. The fourth-order valence-electron chi connectivity index (χ4n) is 2.68. The highest BCUT2D eigenvalue weighted by molar-refractivity contribution is 5.36. The molecular weight excluding hydrogens is 170 g/mol. The van der Waals surface area contributed by atoms with Crippen LogP contribution in [0.25, 0.3) is 0 Å². The van der Waals surface area contributed by atoms with E-state index in [1.54, 1.807) is 5.56 Å². The van der Waals surface area contributed by atoms with E-state index < -0.39 is 0 Å². The quantitative estimate of drug-likeness (QED) is 0.613. The minimum atomic E-state index is 0.582. The molecule has 2 atom stereocenters. The van der Waals surface area contributed by atoms with Crippen LogP contribution >= 0.6 is 0 Å². The van der Waals surface area contributed by atoms with Gasteiger partial charge < -0.3 is 5.32 Å². The van der Waals surface area contributed by atoms with Crippen molar-refractivity contribution in [3.05, 3.63) is 47.5 Å². The lowest BCUT2D eigenvalue weighted by atomic mass is 9.79. The lowest BCUT2D eigenvalue weighted by Crippen LogP contribution is -2.39. The number of rotatable bonds is 0. The molecule has 2 aliphatic rings. The van der Waals surface area contributed by atoms with Gasteiger partial charge in [-0.25, -0.2) is 0 Å². The summed E-state index contributed by atoms with van der Waals surface area (Å²) in [5.74, 6) is 0.713. The van der Waals surface area contributed by atoms with Crippen molar-refractivity contribution in [2.75, 3.05) is 0 Å². The molecule has 1 N–H and O–H groups in total. The van der Waals surface area contributed by atoms with Crippen molar-refractivity contribution in [1.29, 1.82) is 0 Å². The number of fused-ring (bicyclic) bond motifs is 3. The van der Waals surface area contributed by atoms with Crippen LogP contribution in [0.15, 0.2) is 36.4 Å². The summed E-state index contributed by atoms with van der Waals surface area (Å²) >= 11 is 0. The molecule has 1 heterocycles. The van der Waals surface area contributed by atoms with E-state index in [0.717, 1.165) is 6.54 Å². The SMILES string of the molecule is C1=CC2NCc3ccccc3C2CC1. The van der Waals surface area contributed by atoms with Gasteiger partial charge in [-0.15, -0.1) is 0 Å². The van der Waals surface area contributed by atoms with E-state index >= 15 is 0 Å². The number of allylic oxidation sites excluding steroid dienone is 1. The molecule has 1 aliphatic heterocycles. The molecule has 1 aromatic rings. The van der Waals surface area contributed by atoms with Gasteiger partial charge in [-0.2, -0.15) is 0 Å². The van der Waals surface area contributed by atoms with Crippen molar-refractivity contribution in [3.8, 4) is 0 Å². The molecule has 0 saturated heterocycles. The second-order valence-corrected chi connectivity index (χ2v) is 4.22. The molecule has 1 heteroatoms. The molecule has 0 radical (unpaired) electrons. The van der Waals surface area contributed by atoms with Crippen LogP contribution in [0.3, 0.4) is 0 Å². The predicted molar refractivity (Wildman–Crippen MR) is 58.2 cm³/mol. The molecule has 14 heavy (non-hydrogen) atoms. The first-order valence-electron chi connectivity index (χ1n) is 5.43. The van der Waals surface area contributed by atoms with Gasteiger partial charge in [0.2, 0.25) is 0 Å². The summed E-state index contributed by atoms with van der Waals surface area (Å²) in [7, 11) is 0. The van der Waals surface area contributed by atoms with E-state index in [9.17, 15) is 0 Å². The topological polar surface area (TPSA) is 12.0 Å². The van der Waals surface area contributed by atoms with Gasteiger partial charge in [0, 0.05) is 18.5 Å². The Labute approximate surface area is 84.8 Å². The Kier molecular flexibility index (Phi) is 1.91. The number of hydrogen-bond acceptors (Lipinski definition) is 1. The van der Waals surface area contributed by atoms with Crippen LogP contribution in [0.5, 0.6) is 0 Å². The van der Waals surface area contributed by atoms with Gasteiger partial charge in [-0.1, -0.05) is 36.4 Å². The maximum Gasteiger partial charge on any atom is 0.0322 e. The summed E-state index contributed by atoms with van der Waals surface area (Å²) in [6, 6.07) is 9.43. The fraction of sp³-hybridized carbons (Fsp3) is 0.385. The molecule has 1 aromatic carbocycles. The lowest BCUT2D eigenvalue weighted by Gasteiger charge is -2.35. The molecule has 1 aliphatic carbocycles. The van der Waals surface area contributed by atoms with Gasteiger partial charge in [0.1, 0.15) is 0 Å². The van der Waals surface area contributed by atoms with Crippen molar-refractivity contribution in [1.82, 2.24) is 5.32 Å². The summed E-state index contributed by atoms with van der Waals surface area (Å²) in [5.41, 5.74) is 3.06. The van der Waals surface area contributed by atoms with Crippen LogP contribution in [-0.4, -0.2) is 6.04 Å². The second-order valence-electron chi connectivity index (χ2n) is 4.22. The second kappa shape index (κ2) is 3.25.